The van der Waals surface area contributed by atoms with E-state index in [0.717, 1.165) is 37.1 Å². The molecule has 0 atom stereocenters. The average Bonchev–Trinajstić information content (AvgIpc) is 3.24. The highest BCUT2D eigenvalue weighted by atomic mass is 16.5. The molecule has 1 aliphatic heterocycles. The van der Waals surface area contributed by atoms with Crippen LogP contribution >= 0.6 is 0 Å². The van der Waals surface area contributed by atoms with Crippen LogP contribution in [0.1, 0.15) is 71.1 Å². The molecule has 8 nitrogen and oxygen atoms in total. The fourth-order valence-corrected chi connectivity index (χ4v) is 4.31. The first-order valence-corrected chi connectivity index (χ1v) is 10.0. The molecule has 27 heavy (non-hydrogen) atoms. The third-order valence-corrected chi connectivity index (χ3v) is 6.12. The van der Waals surface area contributed by atoms with E-state index >= 15 is 0 Å². The minimum Gasteiger partial charge on any atom is -0.455 e. The summed E-state index contributed by atoms with van der Waals surface area (Å²) in [6.45, 7) is 1.62. The molecule has 0 aromatic carbocycles. The van der Waals surface area contributed by atoms with Crippen LogP contribution in [-0.2, 0) is 19.1 Å². The topological polar surface area (TPSA) is 105 Å². The largest absolute Gasteiger partial charge is 0.455 e. The molecular formula is C19H29N3O5. The molecule has 1 heterocycles. The Kier molecular flexibility index (Phi) is 6.01. The van der Waals surface area contributed by atoms with Gasteiger partial charge in [-0.05, 0) is 43.9 Å². The molecule has 0 bridgehead atoms. The van der Waals surface area contributed by atoms with E-state index in [4.69, 9.17) is 4.74 Å². The van der Waals surface area contributed by atoms with Gasteiger partial charge in [0.2, 0.25) is 0 Å². The van der Waals surface area contributed by atoms with Crippen LogP contribution in [0.25, 0.3) is 0 Å². The maximum Gasteiger partial charge on any atom is 0.344 e. The summed E-state index contributed by atoms with van der Waals surface area (Å²) in [6.07, 6.45) is 8.67. The predicted octanol–water partition coefficient (Wildman–Crippen LogP) is 2.03. The summed E-state index contributed by atoms with van der Waals surface area (Å²) in [5, 5.41) is 3.45. The molecule has 3 rings (SSSR count). The highest BCUT2D eigenvalue weighted by molar-refractivity contribution is 6.08. The van der Waals surface area contributed by atoms with E-state index in [2.05, 4.69) is 17.7 Å². The number of amides is 4. The Morgan fingerprint density at radius 3 is 2.52 bits per heavy atom. The van der Waals surface area contributed by atoms with Gasteiger partial charge in [-0.2, -0.15) is 5.01 Å². The van der Waals surface area contributed by atoms with Crippen LogP contribution < -0.4 is 10.7 Å². The Balaban J connectivity index is 1.42. The van der Waals surface area contributed by atoms with Crippen molar-refractivity contribution in [3.05, 3.63) is 0 Å². The van der Waals surface area contributed by atoms with Gasteiger partial charge in [-0.3, -0.25) is 19.8 Å². The first kappa shape index (κ1) is 19.6. The lowest BCUT2D eigenvalue weighted by atomic mass is 9.77. The zero-order chi connectivity index (χ0) is 19.4. The van der Waals surface area contributed by atoms with Crippen LogP contribution in [0.4, 0.5) is 4.79 Å². The number of urea groups is 1. The number of ether oxygens (including phenoxy) is 1. The molecule has 2 aliphatic carbocycles. The van der Waals surface area contributed by atoms with Gasteiger partial charge in [-0.15, -0.1) is 0 Å². The van der Waals surface area contributed by atoms with E-state index < -0.39 is 36.0 Å². The Morgan fingerprint density at radius 1 is 1.19 bits per heavy atom. The molecule has 0 unspecified atom stereocenters. The number of imide groups is 1. The van der Waals surface area contributed by atoms with E-state index in [9.17, 15) is 19.2 Å². The van der Waals surface area contributed by atoms with Gasteiger partial charge in [-0.25, -0.2) is 4.79 Å². The number of hydrogen-bond acceptors (Lipinski definition) is 5. The fraction of sp³-hybridized carbons (Fsp3) is 0.789. The molecule has 4 amide bonds. The van der Waals surface area contributed by atoms with Crippen molar-refractivity contribution in [1.82, 2.24) is 15.8 Å². The lowest BCUT2D eigenvalue weighted by Gasteiger charge is -2.33. The van der Waals surface area contributed by atoms with E-state index in [0.29, 0.717) is 31.1 Å². The highest BCUT2D eigenvalue weighted by Gasteiger charge is 2.52. The van der Waals surface area contributed by atoms with Crippen LogP contribution in [0.2, 0.25) is 0 Å². The standard InChI is InChI=1S/C19H29N3O5/c1-13-8-10-19(11-9-13)17(25)22(18(26)20-19)21-15(23)12-27-16(24)7-6-14-4-2-3-5-14/h13-14H,2-12H2,1H3,(H,20,26)(H,21,23). The Morgan fingerprint density at radius 2 is 1.85 bits per heavy atom. The minimum atomic E-state index is -0.908. The van der Waals surface area contributed by atoms with Crippen molar-refractivity contribution in [3.8, 4) is 0 Å². The SMILES string of the molecule is CC1CCC2(CC1)NC(=O)N(NC(=O)COC(=O)CCC1CCCC1)C2=O. The molecule has 8 heteroatoms. The number of carbonyl (C=O) groups excluding carboxylic acids is 4. The Labute approximate surface area is 159 Å². The van der Waals surface area contributed by atoms with Crippen LogP contribution in [0.15, 0.2) is 0 Å². The number of nitrogens with zero attached hydrogens (tertiary/aromatic N) is 1. The molecular weight excluding hydrogens is 350 g/mol. The van der Waals surface area contributed by atoms with Crippen molar-refractivity contribution in [3.63, 3.8) is 0 Å². The van der Waals surface area contributed by atoms with Crippen molar-refractivity contribution in [2.24, 2.45) is 11.8 Å². The molecule has 2 saturated carbocycles. The molecule has 2 N–H and O–H groups in total. The molecule has 1 saturated heterocycles. The zero-order valence-electron chi connectivity index (χ0n) is 15.9. The molecule has 0 aromatic heterocycles. The van der Waals surface area contributed by atoms with Crippen LogP contribution in [0.3, 0.4) is 0 Å². The normalized spacial score (nSPS) is 28.5. The van der Waals surface area contributed by atoms with Gasteiger partial charge < -0.3 is 10.1 Å². The third-order valence-electron chi connectivity index (χ3n) is 6.12. The van der Waals surface area contributed by atoms with Gasteiger partial charge >= 0.3 is 12.0 Å². The third kappa shape index (κ3) is 4.59. The van der Waals surface area contributed by atoms with Gasteiger partial charge in [0, 0.05) is 6.42 Å². The molecule has 3 fully saturated rings. The number of hydrogen-bond donors (Lipinski definition) is 2. The van der Waals surface area contributed by atoms with Crippen LogP contribution in [0, 0.1) is 11.8 Å². The van der Waals surface area contributed by atoms with E-state index in [1.165, 1.54) is 12.8 Å². The van der Waals surface area contributed by atoms with E-state index in [1.54, 1.807) is 0 Å². The van der Waals surface area contributed by atoms with Gasteiger partial charge in [0.25, 0.3) is 11.8 Å². The second-order valence-electron chi connectivity index (χ2n) is 8.22. The maximum atomic E-state index is 12.6. The van der Waals surface area contributed by atoms with Gasteiger partial charge in [0.1, 0.15) is 5.54 Å². The highest BCUT2D eigenvalue weighted by Crippen LogP contribution is 2.35. The number of nitrogens with one attached hydrogen (secondary N) is 2. The Hall–Kier alpha value is -2.12. The second-order valence-corrected chi connectivity index (χ2v) is 8.22. The molecule has 0 radical (unpaired) electrons. The van der Waals surface area contributed by atoms with E-state index in [-0.39, 0.29) is 0 Å². The lowest BCUT2D eigenvalue weighted by Crippen LogP contribution is -2.52. The first-order chi connectivity index (χ1) is 12.9. The monoisotopic (exact) mass is 379 g/mol. The zero-order valence-corrected chi connectivity index (χ0v) is 15.9. The Bertz CT molecular complexity index is 606. The average molecular weight is 379 g/mol. The van der Waals surface area contributed by atoms with Gasteiger partial charge in [-0.1, -0.05) is 32.6 Å². The van der Waals surface area contributed by atoms with Gasteiger partial charge in [0.05, 0.1) is 0 Å². The summed E-state index contributed by atoms with van der Waals surface area (Å²) >= 11 is 0. The molecule has 0 aromatic rings. The summed E-state index contributed by atoms with van der Waals surface area (Å²) < 4.78 is 4.97. The van der Waals surface area contributed by atoms with Crippen molar-refractivity contribution >= 4 is 23.8 Å². The van der Waals surface area contributed by atoms with E-state index in [1.807, 2.05) is 0 Å². The van der Waals surface area contributed by atoms with Gasteiger partial charge in [0.15, 0.2) is 6.61 Å². The van der Waals surface area contributed by atoms with Crippen molar-refractivity contribution in [2.45, 2.75) is 76.7 Å². The summed E-state index contributed by atoms with van der Waals surface area (Å²) in [4.78, 5) is 48.6. The summed E-state index contributed by atoms with van der Waals surface area (Å²) in [5.74, 6) is -0.444. The smallest absolute Gasteiger partial charge is 0.344 e. The lowest BCUT2D eigenvalue weighted by molar-refractivity contribution is -0.151. The second kappa shape index (κ2) is 8.27. The van der Waals surface area contributed by atoms with Crippen molar-refractivity contribution in [1.29, 1.82) is 0 Å². The quantitative estimate of drug-likeness (QED) is 0.543. The number of hydrazine groups is 1. The maximum absolute atomic E-state index is 12.6. The fourth-order valence-electron chi connectivity index (χ4n) is 4.31. The summed E-state index contributed by atoms with van der Waals surface area (Å²) in [7, 11) is 0. The number of rotatable bonds is 6. The van der Waals surface area contributed by atoms with Crippen LogP contribution in [-0.4, -0.2) is 41.0 Å². The van der Waals surface area contributed by atoms with Crippen LogP contribution in [0.5, 0.6) is 0 Å². The summed E-state index contributed by atoms with van der Waals surface area (Å²) in [6, 6.07) is -0.629. The predicted molar refractivity (Wildman–Crippen MR) is 96.0 cm³/mol. The molecule has 150 valence electrons. The number of carbonyl (C=O) groups is 4. The molecule has 1 spiro atoms. The minimum absolute atomic E-state index is 0.294. The summed E-state index contributed by atoms with van der Waals surface area (Å²) in [5.41, 5.74) is 1.36. The van der Waals surface area contributed by atoms with Crippen molar-refractivity contribution < 1.29 is 23.9 Å². The number of esters is 1. The first-order valence-electron chi connectivity index (χ1n) is 10.0. The van der Waals surface area contributed by atoms with Crippen molar-refractivity contribution in [2.75, 3.05) is 6.61 Å². The molecule has 3 aliphatic rings.